The quantitative estimate of drug-likeness (QED) is 0.682. The number of nitrogens with one attached hydrogen (secondary N) is 1. The summed E-state index contributed by atoms with van der Waals surface area (Å²) in [5.74, 6) is -1.50. The fraction of sp³-hybridized carbons (Fsp3) is 0.176. The minimum absolute atomic E-state index is 0.0518. The maximum atomic E-state index is 13.0. The van der Waals surface area contributed by atoms with Gasteiger partial charge in [-0.2, -0.15) is 0 Å². The van der Waals surface area contributed by atoms with Crippen LogP contribution in [0.4, 0.5) is 21.5 Å². The van der Waals surface area contributed by atoms with Gasteiger partial charge in [-0.05, 0) is 36.4 Å². The molecule has 3 rings (SSSR count). The van der Waals surface area contributed by atoms with Crippen molar-refractivity contribution in [3.8, 4) is 0 Å². The topological polar surface area (TPSA) is 92.5 Å². The molecule has 128 valence electrons. The van der Waals surface area contributed by atoms with Gasteiger partial charge in [0.1, 0.15) is 5.82 Å². The number of hydrogen-bond acceptors (Lipinski definition) is 4. The molecule has 1 atom stereocenters. The van der Waals surface area contributed by atoms with Crippen LogP contribution < -0.4 is 10.2 Å². The number of carbonyl (C=O) groups excluding carboxylic acids is 2. The van der Waals surface area contributed by atoms with Crippen molar-refractivity contribution in [3.63, 3.8) is 0 Å². The summed E-state index contributed by atoms with van der Waals surface area (Å²) in [5.41, 5.74) is 0.886. The summed E-state index contributed by atoms with van der Waals surface area (Å²) in [6.45, 7) is 0.198. The van der Waals surface area contributed by atoms with Gasteiger partial charge in [-0.25, -0.2) is 4.39 Å². The number of nitro benzene ring substituents is 1. The summed E-state index contributed by atoms with van der Waals surface area (Å²) in [7, 11) is 0. The van der Waals surface area contributed by atoms with E-state index in [1.165, 1.54) is 53.4 Å². The average Bonchev–Trinajstić information content (AvgIpc) is 2.98. The second kappa shape index (κ2) is 6.68. The van der Waals surface area contributed by atoms with Gasteiger partial charge in [0.15, 0.2) is 0 Å². The molecular weight excluding hydrogens is 329 g/mol. The molecule has 1 aliphatic rings. The lowest BCUT2D eigenvalue weighted by Gasteiger charge is -2.16. The normalized spacial score (nSPS) is 16.8. The molecule has 1 fully saturated rings. The van der Waals surface area contributed by atoms with Gasteiger partial charge in [0, 0.05) is 36.5 Å². The van der Waals surface area contributed by atoms with Crippen LogP contribution in [-0.4, -0.2) is 23.3 Å². The molecule has 0 bridgehead atoms. The Bertz CT molecular complexity index is 821. The first kappa shape index (κ1) is 16.6. The third-order valence-corrected chi connectivity index (χ3v) is 3.98. The highest BCUT2D eigenvalue weighted by Crippen LogP contribution is 2.26. The van der Waals surface area contributed by atoms with E-state index < -0.39 is 16.7 Å². The molecule has 2 amide bonds. The summed E-state index contributed by atoms with van der Waals surface area (Å²) in [4.78, 5) is 36.0. The number of hydrogen-bond donors (Lipinski definition) is 1. The molecule has 2 aromatic carbocycles. The van der Waals surface area contributed by atoms with E-state index in [1.807, 2.05) is 0 Å². The highest BCUT2D eigenvalue weighted by atomic mass is 19.1. The SMILES string of the molecule is O=C(Nc1ccc([N+](=O)[O-])cc1)[C@@H]1CC(=O)N(c2ccc(F)cc2)C1. The molecule has 25 heavy (non-hydrogen) atoms. The van der Waals surface area contributed by atoms with E-state index in [1.54, 1.807) is 0 Å². The van der Waals surface area contributed by atoms with Crippen LogP contribution in [0.2, 0.25) is 0 Å². The number of anilines is 2. The highest BCUT2D eigenvalue weighted by Gasteiger charge is 2.35. The molecule has 0 saturated carbocycles. The van der Waals surface area contributed by atoms with Gasteiger partial charge in [-0.3, -0.25) is 19.7 Å². The Kier molecular flexibility index (Phi) is 4.42. The van der Waals surface area contributed by atoms with Crippen LogP contribution in [-0.2, 0) is 9.59 Å². The van der Waals surface area contributed by atoms with Gasteiger partial charge >= 0.3 is 0 Å². The van der Waals surface area contributed by atoms with E-state index in [-0.39, 0.29) is 30.5 Å². The second-order valence-electron chi connectivity index (χ2n) is 5.68. The predicted molar refractivity (Wildman–Crippen MR) is 88.6 cm³/mol. The summed E-state index contributed by atoms with van der Waals surface area (Å²) < 4.78 is 13.0. The fourth-order valence-electron chi connectivity index (χ4n) is 2.66. The largest absolute Gasteiger partial charge is 0.326 e. The van der Waals surface area contributed by atoms with E-state index in [9.17, 15) is 24.1 Å². The van der Waals surface area contributed by atoms with Crippen molar-refractivity contribution in [2.75, 3.05) is 16.8 Å². The lowest BCUT2D eigenvalue weighted by Crippen LogP contribution is -2.28. The van der Waals surface area contributed by atoms with Crippen molar-refractivity contribution >= 4 is 28.9 Å². The van der Waals surface area contributed by atoms with Crippen molar-refractivity contribution in [2.24, 2.45) is 5.92 Å². The first-order valence-electron chi connectivity index (χ1n) is 7.55. The summed E-state index contributed by atoms with van der Waals surface area (Å²) in [6, 6.07) is 10.9. The van der Waals surface area contributed by atoms with E-state index in [0.29, 0.717) is 11.4 Å². The van der Waals surface area contributed by atoms with Crippen molar-refractivity contribution in [2.45, 2.75) is 6.42 Å². The molecule has 1 saturated heterocycles. The standard InChI is InChI=1S/C17H14FN3O4/c18-12-1-5-14(6-2-12)20-10-11(9-16(20)22)17(23)19-13-3-7-15(8-4-13)21(24)25/h1-8,11H,9-10H2,(H,19,23)/t11-/m1/s1. The molecule has 0 aromatic heterocycles. The Balaban J connectivity index is 1.66. The monoisotopic (exact) mass is 343 g/mol. The zero-order valence-corrected chi connectivity index (χ0v) is 13.0. The van der Waals surface area contributed by atoms with Crippen molar-refractivity contribution in [1.29, 1.82) is 0 Å². The number of halogens is 1. The number of nitrogens with zero attached hydrogens (tertiary/aromatic N) is 2. The van der Waals surface area contributed by atoms with Crippen LogP contribution in [0.25, 0.3) is 0 Å². The lowest BCUT2D eigenvalue weighted by molar-refractivity contribution is -0.384. The second-order valence-corrected chi connectivity index (χ2v) is 5.68. The molecular formula is C17H14FN3O4. The summed E-state index contributed by atoms with van der Waals surface area (Å²) in [5, 5.41) is 13.3. The molecule has 8 heteroatoms. The molecule has 1 aliphatic heterocycles. The van der Waals surface area contributed by atoms with Crippen molar-refractivity contribution in [3.05, 3.63) is 64.5 Å². The maximum Gasteiger partial charge on any atom is 0.269 e. The highest BCUT2D eigenvalue weighted by molar-refractivity contribution is 6.03. The summed E-state index contributed by atoms with van der Waals surface area (Å²) >= 11 is 0. The van der Waals surface area contributed by atoms with Crippen molar-refractivity contribution < 1.29 is 18.9 Å². The molecule has 0 spiro atoms. The van der Waals surface area contributed by atoms with Crippen LogP contribution in [0.3, 0.4) is 0 Å². The first-order valence-corrected chi connectivity index (χ1v) is 7.55. The molecule has 0 unspecified atom stereocenters. The van der Waals surface area contributed by atoms with Crippen LogP contribution >= 0.6 is 0 Å². The molecule has 0 radical (unpaired) electrons. The van der Waals surface area contributed by atoms with E-state index >= 15 is 0 Å². The summed E-state index contributed by atoms with van der Waals surface area (Å²) in [6.07, 6.45) is 0.0518. The van der Waals surface area contributed by atoms with Crippen LogP contribution in [0.1, 0.15) is 6.42 Å². The Morgan fingerprint density at radius 1 is 1.16 bits per heavy atom. The minimum Gasteiger partial charge on any atom is -0.326 e. The van der Waals surface area contributed by atoms with Crippen LogP contribution in [0, 0.1) is 21.8 Å². The zero-order chi connectivity index (χ0) is 18.0. The molecule has 0 aliphatic carbocycles. The van der Waals surface area contributed by atoms with Gasteiger partial charge in [-0.1, -0.05) is 0 Å². The average molecular weight is 343 g/mol. The number of benzene rings is 2. The number of amides is 2. The van der Waals surface area contributed by atoms with Gasteiger partial charge in [0.05, 0.1) is 10.8 Å². The van der Waals surface area contributed by atoms with Gasteiger partial charge in [0.2, 0.25) is 11.8 Å². The fourth-order valence-corrected chi connectivity index (χ4v) is 2.66. The van der Waals surface area contributed by atoms with E-state index in [0.717, 1.165) is 0 Å². The van der Waals surface area contributed by atoms with Gasteiger partial charge in [-0.15, -0.1) is 0 Å². The maximum absolute atomic E-state index is 13.0. The third-order valence-electron chi connectivity index (χ3n) is 3.98. The van der Waals surface area contributed by atoms with Crippen LogP contribution in [0.5, 0.6) is 0 Å². The molecule has 1 heterocycles. The Morgan fingerprint density at radius 3 is 2.40 bits per heavy atom. The Hall–Kier alpha value is -3.29. The number of rotatable bonds is 4. The molecule has 1 N–H and O–H groups in total. The number of carbonyl (C=O) groups is 2. The third kappa shape index (κ3) is 3.63. The van der Waals surface area contributed by atoms with E-state index in [4.69, 9.17) is 0 Å². The minimum atomic E-state index is -0.548. The van der Waals surface area contributed by atoms with Gasteiger partial charge < -0.3 is 10.2 Å². The van der Waals surface area contributed by atoms with Crippen molar-refractivity contribution in [1.82, 2.24) is 0 Å². The Morgan fingerprint density at radius 2 is 1.80 bits per heavy atom. The lowest BCUT2D eigenvalue weighted by atomic mass is 10.1. The number of nitro groups is 1. The smallest absolute Gasteiger partial charge is 0.269 e. The molecule has 7 nitrogen and oxygen atoms in total. The van der Waals surface area contributed by atoms with Gasteiger partial charge in [0.25, 0.3) is 5.69 Å². The predicted octanol–water partition coefficient (Wildman–Crippen LogP) is 2.73. The zero-order valence-electron chi connectivity index (χ0n) is 13.0. The molecule has 2 aromatic rings. The van der Waals surface area contributed by atoms with Crippen LogP contribution in [0.15, 0.2) is 48.5 Å². The first-order chi connectivity index (χ1) is 11.9. The number of non-ortho nitro benzene ring substituents is 1. The Labute approximate surface area is 142 Å². The van der Waals surface area contributed by atoms with E-state index in [2.05, 4.69) is 5.32 Å².